The number of allylic oxidation sites excluding steroid dienone is 2. The van der Waals surface area contributed by atoms with Gasteiger partial charge in [0.1, 0.15) is 17.3 Å². The average Bonchev–Trinajstić information content (AvgIpc) is 2.44. The molecule has 1 aliphatic carbocycles. The van der Waals surface area contributed by atoms with Gasteiger partial charge in [-0.15, -0.1) is 0 Å². The van der Waals surface area contributed by atoms with Crippen LogP contribution < -0.4 is 0 Å². The maximum Gasteiger partial charge on any atom is 0.448 e. The summed E-state index contributed by atoms with van der Waals surface area (Å²) in [4.78, 5) is 18.1. The fourth-order valence-electron chi connectivity index (χ4n) is 2.78. The lowest BCUT2D eigenvalue weighted by atomic mass is 9.84. The Hall–Kier alpha value is -2.12. The van der Waals surface area contributed by atoms with E-state index in [-0.39, 0.29) is 23.8 Å². The number of aromatic hydroxyl groups is 1. The van der Waals surface area contributed by atoms with E-state index in [1.807, 2.05) is 0 Å². The Morgan fingerprint density at radius 2 is 1.88 bits per heavy atom. The number of hydrogen-bond acceptors (Lipinski definition) is 5. The van der Waals surface area contributed by atoms with Crippen molar-refractivity contribution in [2.24, 2.45) is 10.7 Å². The Morgan fingerprint density at radius 1 is 1.20 bits per heavy atom. The van der Waals surface area contributed by atoms with Crippen molar-refractivity contribution < 1.29 is 34.8 Å². The largest absolute Gasteiger partial charge is 0.511 e. The van der Waals surface area contributed by atoms with Gasteiger partial charge in [0.05, 0.1) is 17.7 Å². The SMILES string of the molecule is CC(CC(O)C1C(O)=CC(O)=C/C1=N\P(=O)(O)O)c1cccc(O)c1. The molecule has 0 aliphatic heterocycles. The first-order chi connectivity index (χ1) is 11.6. The van der Waals surface area contributed by atoms with Gasteiger partial charge in [0, 0.05) is 12.2 Å². The number of aliphatic hydroxyl groups excluding tert-OH is 3. The molecule has 0 aromatic heterocycles. The Labute approximate surface area is 144 Å². The zero-order valence-electron chi connectivity index (χ0n) is 13.4. The summed E-state index contributed by atoms with van der Waals surface area (Å²) in [5.41, 5.74) is 0.451. The van der Waals surface area contributed by atoms with E-state index < -0.39 is 31.3 Å². The van der Waals surface area contributed by atoms with Crippen LogP contribution in [0.4, 0.5) is 0 Å². The summed E-state index contributed by atoms with van der Waals surface area (Å²) in [6.45, 7) is 1.80. The van der Waals surface area contributed by atoms with Crippen LogP contribution in [0.2, 0.25) is 0 Å². The van der Waals surface area contributed by atoms with E-state index in [0.717, 1.165) is 17.7 Å². The van der Waals surface area contributed by atoms with Crippen molar-refractivity contribution in [3.05, 3.63) is 53.5 Å². The Bertz CT molecular complexity index is 780. The maximum absolute atomic E-state index is 11.1. The molecular formula is C16H20NO7P. The highest BCUT2D eigenvalue weighted by molar-refractivity contribution is 7.50. The third kappa shape index (κ3) is 5.17. The molecule has 1 aromatic rings. The summed E-state index contributed by atoms with van der Waals surface area (Å²) in [6.07, 6.45) is 0.890. The average molecular weight is 369 g/mol. The van der Waals surface area contributed by atoms with Crippen molar-refractivity contribution in [1.29, 1.82) is 0 Å². The molecular weight excluding hydrogens is 349 g/mol. The summed E-state index contributed by atoms with van der Waals surface area (Å²) in [5, 5.41) is 39.6. The molecule has 9 heteroatoms. The molecule has 0 radical (unpaired) electrons. The Morgan fingerprint density at radius 3 is 2.48 bits per heavy atom. The molecule has 8 nitrogen and oxygen atoms in total. The number of phenolic OH excluding ortho intramolecular Hbond substituents is 1. The van der Waals surface area contributed by atoms with Crippen molar-refractivity contribution >= 4 is 13.5 Å². The molecule has 3 atom stereocenters. The fourth-order valence-corrected chi connectivity index (χ4v) is 3.26. The lowest BCUT2D eigenvalue weighted by Gasteiger charge is -2.27. The number of benzene rings is 1. The minimum Gasteiger partial charge on any atom is -0.511 e. The molecule has 1 aromatic carbocycles. The predicted molar refractivity (Wildman–Crippen MR) is 91.5 cm³/mol. The molecule has 1 aliphatic rings. The molecule has 3 unspecified atom stereocenters. The fraction of sp³-hybridized carbons (Fsp3) is 0.312. The van der Waals surface area contributed by atoms with E-state index in [0.29, 0.717) is 0 Å². The second-order valence-electron chi connectivity index (χ2n) is 5.95. The minimum atomic E-state index is -4.81. The summed E-state index contributed by atoms with van der Waals surface area (Å²) in [7, 11) is -4.81. The monoisotopic (exact) mass is 369 g/mol. The van der Waals surface area contributed by atoms with Crippen molar-refractivity contribution in [2.75, 3.05) is 0 Å². The quantitative estimate of drug-likeness (QED) is 0.436. The van der Waals surface area contributed by atoms with Gasteiger partial charge in [-0.1, -0.05) is 19.1 Å². The second-order valence-corrected chi connectivity index (χ2v) is 7.18. The third-order valence-corrected chi connectivity index (χ3v) is 4.39. The van der Waals surface area contributed by atoms with Gasteiger partial charge < -0.3 is 30.2 Å². The van der Waals surface area contributed by atoms with E-state index in [9.17, 15) is 25.0 Å². The van der Waals surface area contributed by atoms with E-state index >= 15 is 0 Å². The lowest BCUT2D eigenvalue weighted by molar-refractivity contribution is 0.115. The van der Waals surface area contributed by atoms with E-state index in [1.54, 1.807) is 25.1 Å². The molecule has 0 heterocycles. The van der Waals surface area contributed by atoms with Crippen molar-refractivity contribution in [3.63, 3.8) is 0 Å². The number of nitrogens with zero attached hydrogens (tertiary/aromatic N) is 1. The normalized spacial score (nSPS) is 22.2. The molecule has 0 fully saturated rings. The van der Waals surface area contributed by atoms with Gasteiger partial charge in [-0.2, -0.15) is 4.76 Å². The first-order valence-corrected chi connectivity index (χ1v) is 9.07. The van der Waals surface area contributed by atoms with Gasteiger partial charge in [-0.25, -0.2) is 4.57 Å². The molecule has 25 heavy (non-hydrogen) atoms. The summed E-state index contributed by atoms with van der Waals surface area (Å²) < 4.78 is 14.4. The summed E-state index contributed by atoms with van der Waals surface area (Å²) in [6, 6.07) is 6.49. The van der Waals surface area contributed by atoms with Crippen LogP contribution in [-0.2, 0) is 4.57 Å². The molecule has 0 saturated carbocycles. The van der Waals surface area contributed by atoms with Gasteiger partial charge in [0.15, 0.2) is 0 Å². The minimum absolute atomic E-state index is 0.0795. The van der Waals surface area contributed by atoms with Gasteiger partial charge in [-0.05, 0) is 30.0 Å². The highest BCUT2D eigenvalue weighted by atomic mass is 31.2. The van der Waals surface area contributed by atoms with Crippen LogP contribution in [0.1, 0.15) is 24.8 Å². The standard InChI is InChI=1S/C16H20NO7P/c1-9(10-3-2-4-11(18)6-10)5-14(20)16-13(17-25(22,23)24)7-12(19)8-15(16)21/h2-4,6-9,14,16,18-21H,5H2,1H3,(H2,22,23,24)/b17-13+. The van der Waals surface area contributed by atoms with Crippen molar-refractivity contribution in [2.45, 2.75) is 25.4 Å². The van der Waals surface area contributed by atoms with Gasteiger partial charge >= 0.3 is 7.75 Å². The van der Waals surface area contributed by atoms with E-state index in [2.05, 4.69) is 4.76 Å². The molecule has 2 rings (SSSR count). The van der Waals surface area contributed by atoms with Crippen molar-refractivity contribution in [3.8, 4) is 5.75 Å². The first-order valence-electron chi connectivity index (χ1n) is 7.50. The van der Waals surface area contributed by atoms with Gasteiger partial charge in [0.2, 0.25) is 0 Å². The number of hydrogen-bond donors (Lipinski definition) is 6. The molecule has 136 valence electrons. The topological polar surface area (TPSA) is 151 Å². The molecule has 6 N–H and O–H groups in total. The number of rotatable bonds is 5. The summed E-state index contributed by atoms with van der Waals surface area (Å²) >= 11 is 0. The highest BCUT2D eigenvalue weighted by Crippen LogP contribution is 2.40. The maximum atomic E-state index is 11.1. The van der Waals surface area contributed by atoms with Crippen LogP contribution in [0.5, 0.6) is 5.75 Å². The van der Waals surface area contributed by atoms with E-state index in [1.165, 1.54) is 6.07 Å². The van der Waals surface area contributed by atoms with E-state index in [4.69, 9.17) is 9.79 Å². The van der Waals surface area contributed by atoms with Gasteiger partial charge in [-0.3, -0.25) is 0 Å². The zero-order chi connectivity index (χ0) is 18.8. The second kappa shape index (κ2) is 7.41. The molecule has 0 bridgehead atoms. The summed E-state index contributed by atoms with van der Waals surface area (Å²) in [5.74, 6) is -2.18. The first kappa shape index (κ1) is 19.2. The zero-order valence-corrected chi connectivity index (χ0v) is 14.3. The van der Waals surface area contributed by atoms with Gasteiger partial charge in [0.25, 0.3) is 0 Å². The lowest BCUT2D eigenvalue weighted by Crippen LogP contribution is -2.32. The smallest absolute Gasteiger partial charge is 0.448 e. The Kier molecular flexibility index (Phi) is 5.69. The van der Waals surface area contributed by atoms with Crippen LogP contribution in [0.15, 0.2) is 52.7 Å². The van der Waals surface area contributed by atoms with Crippen LogP contribution >= 0.6 is 7.75 Å². The van der Waals surface area contributed by atoms with Crippen molar-refractivity contribution in [1.82, 2.24) is 0 Å². The van der Waals surface area contributed by atoms with Crippen LogP contribution in [0.3, 0.4) is 0 Å². The molecule has 0 amide bonds. The number of phenols is 1. The number of aliphatic hydroxyl groups is 3. The third-order valence-electron chi connectivity index (χ3n) is 3.89. The Balaban J connectivity index is 2.26. The van der Waals surface area contributed by atoms with Crippen LogP contribution in [0, 0.1) is 5.92 Å². The molecule has 0 saturated heterocycles. The van der Waals surface area contributed by atoms with Crippen LogP contribution in [-0.4, -0.2) is 42.0 Å². The van der Waals surface area contributed by atoms with Crippen LogP contribution in [0.25, 0.3) is 0 Å². The predicted octanol–water partition coefficient (Wildman–Crippen LogP) is 2.29. The molecule has 0 spiro atoms. The highest BCUT2D eigenvalue weighted by Gasteiger charge is 2.33.